The van der Waals surface area contributed by atoms with Gasteiger partial charge in [-0.2, -0.15) is 0 Å². The summed E-state index contributed by atoms with van der Waals surface area (Å²) in [5.74, 6) is -0.0412. The molecule has 2 N–H and O–H groups in total. The highest BCUT2D eigenvalue weighted by atomic mass is 35.5. The van der Waals surface area contributed by atoms with E-state index in [4.69, 9.17) is 16.3 Å². The van der Waals surface area contributed by atoms with Crippen LogP contribution in [-0.2, 0) is 21.4 Å². The van der Waals surface area contributed by atoms with E-state index >= 15 is 0 Å². The Morgan fingerprint density at radius 1 is 1.22 bits per heavy atom. The van der Waals surface area contributed by atoms with E-state index in [-0.39, 0.29) is 34.7 Å². The third-order valence-electron chi connectivity index (χ3n) is 3.27. The molecule has 120 valence electrons. The highest BCUT2D eigenvalue weighted by molar-refractivity contribution is 7.89. The van der Waals surface area contributed by atoms with E-state index in [1.54, 1.807) is 0 Å². The van der Waals surface area contributed by atoms with Gasteiger partial charge in [-0.15, -0.1) is 0 Å². The van der Waals surface area contributed by atoms with Crippen LogP contribution in [0.2, 0.25) is 5.02 Å². The monoisotopic (exact) mass is 352 g/mol. The zero-order chi connectivity index (χ0) is 16.4. The molecule has 0 aromatic heterocycles. The molecule has 23 heavy (non-hydrogen) atoms. The number of fused-ring (bicyclic) bond motifs is 1. The number of anilines is 1. The number of benzene rings is 2. The molecule has 0 bridgehead atoms. The minimum atomic E-state index is -3.81. The molecule has 1 heterocycles. The third kappa shape index (κ3) is 3.47. The maximum absolute atomic E-state index is 12.4. The Balaban J connectivity index is 1.86. The largest absolute Gasteiger partial charge is 0.482 e. The van der Waals surface area contributed by atoms with Crippen molar-refractivity contribution in [3.8, 4) is 5.75 Å². The first kappa shape index (κ1) is 15.8. The molecule has 0 aliphatic carbocycles. The predicted octanol–water partition coefficient (Wildman–Crippen LogP) is 2.15. The molecule has 6 nitrogen and oxygen atoms in total. The number of carbonyl (C=O) groups excluding carboxylic acids is 1. The second-order valence-electron chi connectivity index (χ2n) is 4.93. The lowest BCUT2D eigenvalue weighted by Gasteiger charge is -2.19. The average molecular weight is 353 g/mol. The zero-order valence-corrected chi connectivity index (χ0v) is 13.4. The van der Waals surface area contributed by atoms with E-state index in [1.807, 2.05) is 30.3 Å². The van der Waals surface area contributed by atoms with Crippen LogP contribution in [-0.4, -0.2) is 20.9 Å². The number of rotatable bonds is 4. The van der Waals surface area contributed by atoms with Crippen molar-refractivity contribution in [3.05, 3.63) is 53.1 Å². The van der Waals surface area contributed by atoms with Crippen LogP contribution in [0.5, 0.6) is 5.75 Å². The Kier molecular flexibility index (Phi) is 4.25. The molecular formula is C15H13ClN2O4S. The fourth-order valence-electron chi connectivity index (χ4n) is 2.14. The summed E-state index contributed by atoms with van der Waals surface area (Å²) in [4.78, 5) is 11.2. The first-order chi connectivity index (χ1) is 11.0. The van der Waals surface area contributed by atoms with Gasteiger partial charge in [0.1, 0.15) is 10.6 Å². The van der Waals surface area contributed by atoms with Crippen LogP contribution < -0.4 is 14.8 Å². The molecule has 8 heteroatoms. The van der Waals surface area contributed by atoms with Crippen LogP contribution in [0.4, 0.5) is 5.69 Å². The van der Waals surface area contributed by atoms with E-state index < -0.39 is 10.0 Å². The first-order valence-corrected chi connectivity index (χ1v) is 8.61. The number of sulfonamides is 1. The highest BCUT2D eigenvalue weighted by Crippen LogP contribution is 2.35. The van der Waals surface area contributed by atoms with Gasteiger partial charge in [0.15, 0.2) is 6.61 Å². The minimum absolute atomic E-state index is 0.00936. The number of carbonyl (C=O) groups is 1. The van der Waals surface area contributed by atoms with Crippen molar-refractivity contribution in [2.24, 2.45) is 0 Å². The first-order valence-electron chi connectivity index (χ1n) is 6.75. The second kappa shape index (κ2) is 6.19. The molecule has 1 amide bonds. The van der Waals surface area contributed by atoms with Crippen LogP contribution in [0, 0.1) is 0 Å². The lowest BCUT2D eigenvalue weighted by molar-refractivity contribution is -0.118. The average Bonchev–Trinajstić information content (AvgIpc) is 2.53. The number of nitrogens with one attached hydrogen (secondary N) is 2. The van der Waals surface area contributed by atoms with Crippen molar-refractivity contribution < 1.29 is 17.9 Å². The molecule has 0 spiro atoms. The molecule has 0 unspecified atom stereocenters. The normalized spacial score (nSPS) is 13.9. The molecule has 0 radical (unpaired) electrons. The Bertz CT molecular complexity index is 853. The Labute approximate surface area is 138 Å². The van der Waals surface area contributed by atoms with Gasteiger partial charge in [0.25, 0.3) is 5.91 Å². The van der Waals surface area contributed by atoms with Crippen LogP contribution in [0.3, 0.4) is 0 Å². The van der Waals surface area contributed by atoms with E-state index in [0.29, 0.717) is 5.69 Å². The smallest absolute Gasteiger partial charge is 0.262 e. The van der Waals surface area contributed by atoms with E-state index in [9.17, 15) is 13.2 Å². The molecule has 3 rings (SSSR count). The third-order valence-corrected chi connectivity index (χ3v) is 5.13. The summed E-state index contributed by atoms with van der Waals surface area (Å²) in [6, 6.07) is 11.8. The van der Waals surface area contributed by atoms with Crippen molar-refractivity contribution in [2.45, 2.75) is 11.4 Å². The van der Waals surface area contributed by atoms with Crippen LogP contribution in [0.25, 0.3) is 0 Å². The van der Waals surface area contributed by atoms with Gasteiger partial charge in [-0.05, 0) is 11.6 Å². The van der Waals surface area contributed by atoms with Gasteiger partial charge in [-0.1, -0.05) is 41.9 Å². The molecule has 0 atom stereocenters. The molecule has 1 aliphatic heterocycles. The van der Waals surface area contributed by atoms with Gasteiger partial charge >= 0.3 is 0 Å². The van der Waals surface area contributed by atoms with Crippen LogP contribution >= 0.6 is 11.6 Å². The minimum Gasteiger partial charge on any atom is -0.482 e. The fraction of sp³-hybridized carbons (Fsp3) is 0.133. The zero-order valence-electron chi connectivity index (χ0n) is 11.9. The molecule has 1 aliphatic rings. The summed E-state index contributed by atoms with van der Waals surface area (Å²) in [5, 5.41) is 2.58. The van der Waals surface area contributed by atoms with Gasteiger partial charge in [0.2, 0.25) is 10.0 Å². The van der Waals surface area contributed by atoms with E-state index in [0.717, 1.165) is 5.56 Å². The van der Waals surface area contributed by atoms with Crippen molar-refractivity contribution in [1.82, 2.24) is 4.72 Å². The van der Waals surface area contributed by atoms with E-state index in [1.165, 1.54) is 12.1 Å². The summed E-state index contributed by atoms with van der Waals surface area (Å²) in [7, 11) is -3.81. The molecule has 0 saturated carbocycles. The molecule has 2 aromatic carbocycles. The van der Waals surface area contributed by atoms with Gasteiger partial charge in [-0.3, -0.25) is 4.79 Å². The molecule has 0 fully saturated rings. The number of ether oxygens (including phenoxy) is 1. The Morgan fingerprint density at radius 3 is 2.70 bits per heavy atom. The van der Waals surface area contributed by atoms with Crippen molar-refractivity contribution in [2.75, 3.05) is 11.9 Å². The van der Waals surface area contributed by atoms with E-state index in [2.05, 4.69) is 10.0 Å². The Morgan fingerprint density at radius 2 is 1.96 bits per heavy atom. The quantitative estimate of drug-likeness (QED) is 0.883. The number of halogens is 1. The number of hydrogen-bond donors (Lipinski definition) is 2. The summed E-state index contributed by atoms with van der Waals surface area (Å²) in [5.41, 5.74) is 1.18. The van der Waals surface area contributed by atoms with Crippen molar-refractivity contribution >= 4 is 33.2 Å². The van der Waals surface area contributed by atoms with Gasteiger partial charge in [0.05, 0.1) is 10.7 Å². The van der Waals surface area contributed by atoms with Gasteiger partial charge < -0.3 is 10.1 Å². The maximum Gasteiger partial charge on any atom is 0.262 e. The summed E-state index contributed by atoms with van der Waals surface area (Å²) >= 11 is 6.05. The highest BCUT2D eigenvalue weighted by Gasteiger charge is 2.24. The number of hydrogen-bond acceptors (Lipinski definition) is 4. The number of amides is 1. The maximum atomic E-state index is 12.4. The Hall–Kier alpha value is -2.09. The summed E-state index contributed by atoms with van der Waals surface area (Å²) in [6.07, 6.45) is 0. The fourth-order valence-corrected chi connectivity index (χ4v) is 3.70. The van der Waals surface area contributed by atoms with Crippen molar-refractivity contribution in [1.29, 1.82) is 0 Å². The van der Waals surface area contributed by atoms with Gasteiger partial charge in [0, 0.05) is 12.6 Å². The molecular weight excluding hydrogens is 340 g/mol. The predicted molar refractivity (Wildman–Crippen MR) is 86.0 cm³/mol. The van der Waals surface area contributed by atoms with Gasteiger partial charge in [-0.25, -0.2) is 13.1 Å². The molecule has 2 aromatic rings. The van der Waals surface area contributed by atoms with Crippen LogP contribution in [0.1, 0.15) is 5.56 Å². The topological polar surface area (TPSA) is 84.5 Å². The summed E-state index contributed by atoms with van der Waals surface area (Å²) in [6.45, 7) is -0.0141. The molecule has 0 saturated heterocycles. The summed E-state index contributed by atoms with van der Waals surface area (Å²) < 4.78 is 32.6. The lowest BCUT2D eigenvalue weighted by atomic mass is 10.2. The lowest BCUT2D eigenvalue weighted by Crippen LogP contribution is -2.27. The SMILES string of the molecule is O=C1COc2cc(S(=O)(=O)NCc3ccccc3)c(Cl)cc2N1. The second-order valence-corrected chi connectivity index (χ2v) is 7.07. The van der Waals surface area contributed by atoms with Crippen molar-refractivity contribution in [3.63, 3.8) is 0 Å². The standard InChI is InChI=1S/C15H13ClN2O4S/c16-11-6-12-13(22-9-15(19)18-12)7-14(11)23(20,21)17-8-10-4-2-1-3-5-10/h1-7,17H,8-9H2,(H,18,19). The van der Waals surface area contributed by atoms with Crippen LogP contribution in [0.15, 0.2) is 47.4 Å².